The molecule has 2 amide bonds. The summed E-state index contributed by atoms with van der Waals surface area (Å²) in [7, 11) is 3.10. The number of fused-ring (bicyclic) bond motifs is 8. The van der Waals surface area contributed by atoms with Crippen LogP contribution in [0.15, 0.2) is 96.0 Å². The van der Waals surface area contributed by atoms with Crippen molar-refractivity contribution >= 4 is 46.5 Å². The molecule has 0 spiro atoms. The highest BCUT2D eigenvalue weighted by atomic mass is 16.5. The van der Waals surface area contributed by atoms with Crippen LogP contribution in [0.5, 0.6) is 23.0 Å². The van der Waals surface area contributed by atoms with Gasteiger partial charge in [0.05, 0.1) is 42.8 Å². The zero-order valence-electron chi connectivity index (χ0n) is 28.6. The van der Waals surface area contributed by atoms with Crippen molar-refractivity contribution in [3.8, 4) is 23.0 Å². The van der Waals surface area contributed by atoms with Crippen molar-refractivity contribution in [1.29, 1.82) is 0 Å². The number of amides is 2. The van der Waals surface area contributed by atoms with E-state index in [2.05, 4.69) is 11.4 Å². The molecule has 5 aromatic carbocycles. The highest BCUT2D eigenvalue weighted by Gasteiger charge is 2.40. The predicted octanol–water partition coefficient (Wildman–Crippen LogP) is 6.69. The number of carbonyl (C=O) groups is 2. The smallest absolute Gasteiger partial charge is 0.262 e. The number of carbonyl (C=O) groups excluding carboxylic acids is 2. The van der Waals surface area contributed by atoms with Gasteiger partial charge in [-0.3, -0.25) is 24.4 Å². The van der Waals surface area contributed by atoms with Crippen LogP contribution in [0.25, 0.3) is 0 Å². The maximum absolute atomic E-state index is 13.8. The molecule has 0 aliphatic carbocycles. The summed E-state index contributed by atoms with van der Waals surface area (Å²) in [4.78, 5) is 35.7. The van der Waals surface area contributed by atoms with Crippen molar-refractivity contribution in [2.45, 2.75) is 38.3 Å². The number of ether oxygens (including phenoxy) is 4. The molecule has 0 saturated heterocycles. The van der Waals surface area contributed by atoms with Crippen LogP contribution in [0.3, 0.4) is 0 Å². The van der Waals surface area contributed by atoms with Gasteiger partial charge in [0.2, 0.25) is 0 Å². The first kappa shape index (κ1) is 31.5. The Balaban J connectivity index is 0.919. The summed E-state index contributed by atoms with van der Waals surface area (Å²) in [5.41, 5.74) is 14.8. The molecule has 260 valence electrons. The van der Waals surface area contributed by atoms with Gasteiger partial charge in [-0.1, -0.05) is 36.4 Å². The molecule has 11 nitrogen and oxygen atoms in total. The number of nitrogen functional groups attached to an aromatic ring is 1. The molecule has 0 saturated carbocycles. The third-order valence-corrected chi connectivity index (χ3v) is 10.0. The van der Waals surface area contributed by atoms with E-state index in [-0.39, 0.29) is 37.2 Å². The Bertz CT molecular complexity index is 2320. The third-order valence-electron chi connectivity index (χ3n) is 10.0. The third kappa shape index (κ3) is 5.24. The molecule has 4 heterocycles. The van der Waals surface area contributed by atoms with E-state index in [1.165, 1.54) is 0 Å². The molecule has 2 unspecified atom stereocenters. The van der Waals surface area contributed by atoms with Gasteiger partial charge in [-0.05, 0) is 64.7 Å². The lowest BCUT2D eigenvalue weighted by Crippen LogP contribution is -2.46. The van der Waals surface area contributed by atoms with Crippen LogP contribution in [0.1, 0.15) is 43.0 Å². The number of anilines is 4. The molecule has 4 aliphatic heterocycles. The molecular formula is C41H35N5O6. The Morgan fingerprint density at radius 2 is 1.31 bits per heavy atom. The molecule has 4 aliphatic rings. The Morgan fingerprint density at radius 3 is 2.00 bits per heavy atom. The quantitative estimate of drug-likeness (QED) is 0.172. The van der Waals surface area contributed by atoms with Crippen LogP contribution in [0.2, 0.25) is 0 Å². The highest BCUT2D eigenvalue weighted by Crippen LogP contribution is 2.43. The minimum absolute atomic E-state index is 0.0790. The second kappa shape index (κ2) is 12.4. The Morgan fingerprint density at radius 1 is 0.712 bits per heavy atom. The zero-order valence-corrected chi connectivity index (χ0v) is 28.6. The fourth-order valence-electron chi connectivity index (χ4n) is 7.66. The number of nitrogens with one attached hydrogen (secondary N) is 1. The van der Waals surface area contributed by atoms with Crippen molar-refractivity contribution in [3.63, 3.8) is 0 Å². The lowest BCUT2D eigenvalue weighted by Gasteiger charge is -2.33. The molecule has 5 aromatic rings. The molecule has 52 heavy (non-hydrogen) atoms. The number of benzene rings is 5. The van der Waals surface area contributed by atoms with E-state index in [0.717, 1.165) is 33.6 Å². The predicted molar refractivity (Wildman–Crippen MR) is 199 cm³/mol. The molecule has 9 rings (SSSR count). The summed E-state index contributed by atoms with van der Waals surface area (Å²) in [5, 5.41) is 3.52. The Kier molecular flexibility index (Phi) is 7.49. The van der Waals surface area contributed by atoms with E-state index in [0.29, 0.717) is 64.0 Å². The minimum Gasteiger partial charge on any atom is -0.493 e. The lowest BCUT2D eigenvalue weighted by molar-refractivity contribution is 0.0973. The summed E-state index contributed by atoms with van der Waals surface area (Å²) < 4.78 is 23.9. The second-order valence-electron chi connectivity index (χ2n) is 13.3. The molecule has 0 fully saturated rings. The number of rotatable bonds is 8. The first-order valence-electron chi connectivity index (χ1n) is 17.1. The summed E-state index contributed by atoms with van der Waals surface area (Å²) >= 11 is 0. The number of para-hydroxylation sites is 2. The van der Waals surface area contributed by atoms with Gasteiger partial charge in [-0.2, -0.15) is 0 Å². The first-order valence-corrected chi connectivity index (χ1v) is 17.1. The maximum Gasteiger partial charge on any atom is 0.262 e. The number of hydrogen-bond donors (Lipinski definition) is 2. The molecule has 3 N–H and O–H groups in total. The van der Waals surface area contributed by atoms with Crippen LogP contribution >= 0.6 is 0 Å². The van der Waals surface area contributed by atoms with E-state index in [1.54, 1.807) is 37.3 Å². The van der Waals surface area contributed by atoms with Crippen LogP contribution in [0, 0.1) is 0 Å². The second-order valence-corrected chi connectivity index (χ2v) is 13.3. The normalized spacial score (nSPS) is 17.6. The average Bonchev–Trinajstić information content (AvgIpc) is 3.69. The SMILES string of the molecule is COc1cc2c(cc1OCc1cc(N)cc(COc3cc4c(cc3OC)C(=O)N3c5ccccc5CC3N4)c1)N=CC1Cc3ccccc3N1C2=O. The zero-order chi connectivity index (χ0) is 35.5. The van der Waals surface area contributed by atoms with Gasteiger partial charge in [0, 0.05) is 48.3 Å². The van der Waals surface area contributed by atoms with Crippen molar-refractivity contribution in [3.05, 3.63) is 124 Å². The fourth-order valence-corrected chi connectivity index (χ4v) is 7.66. The monoisotopic (exact) mass is 693 g/mol. The number of nitrogens with zero attached hydrogens (tertiary/aromatic N) is 3. The van der Waals surface area contributed by atoms with E-state index in [4.69, 9.17) is 29.7 Å². The van der Waals surface area contributed by atoms with Crippen molar-refractivity contribution in [2.75, 3.05) is 35.1 Å². The van der Waals surface area contributed by atoms with Crippen molar-refractivity contribution in [2.24, 2.45) is 4.99 Å². The fraction of sp³-hybridized carbons (Fsp3) is 0.195. The van der Waals surface area contributed by atoms with Gasteiger partial charge < -0.3 is 30.0 Å². The van der Waals surface area contributed by atoms with E-state index >= 15 is 0 Å². The van der Waals surface area contributed by atoms with Gasteiger partial charge in [0.1, 0.15) is 19.4 Å². The summed E-state index contributed by atoms with van der Waals surface area (Å²) in [5.74, 6) is 1.63. The minimum atomic E-state index is -0.171. The van der Waals surface area contributed by atoms with Crippen LogP contribution in [-0.2, 0) is 26.1 Å². The topological polar surface area (TPSA) is 128 Å². The van der Waals surface area contributed by atoms with Crippen molar-refractivity contribution < 1.29 is 28.5 Å². The highest BCUT2D eigenvalue weighted by molar-refractivity contribution is 6.15. The van der Waals surface area contributed by atoms with E-state index in [9.17, 15) is 9.59 Å². The van der Waals surface area contributed by atoms with Gasteiger partial charge >= 0.3 is 0 Å². The standard InChI is InChI=1S/C41H35N5O6/c1-49-35-16-29-31(43-20-28-14-25-7-3-5-9-33(25)45(28)40(29)47)18-37(35)51-21-23-11-24(13-27(42)12-23)22-52-38-19-32-30(17-36(38)50-2)41(48)46-34-10-6-4-8-26(34)15-39(46)44-32/h3-13,16-20,28,39,44H,14-15,21-22,42H2,1-2H3. The summed E-state index contributed by atoms with van der Waals surface area (Å²) in [6, 6.07) is 28.4. The molecule has 0 aromatic heterocycles. The molecular weight excluding hydrogens is 658 g/mol. The molecule has 0 radical (unpaired) electrons. The Hall–Kier alpha value is -6.49. The molecule has 0 bridgehead atoms. The summed E-state index contributed by atoms with van der Waals surface area (Å²) in [6.45, 7) is 0.378. The number of hydrogen-bond acceptors (Lipinski definition) is 9. The number of methoxy groups -OCH3 is 2. The average molecular weight is 694 g/mol. The Labute approximate surface area is 300 Å². The first-order chi connectivity index (χ1) is 25.4. The van der Waals surface area contributed by atoms with E-state index in [1.807, 2.05) is 77.8 Å². The summed E-state index contributed by atoms with van der Waals surface area (Å²) in [6.07, 6.45) is 3.09. The van der Waals surface area contributed by atoms with E-state index < -0.39 is 0 Å². The van der Waals surface area contributed by atoms with Gasteiger partial charge in [-0.15, -0.1) is 0 Å². The van der Waals surface area contributed by atoms with Gasteiger partial charge in [-0.25, -0.2) is 0 Å². The van der Waals surface area contributed by atoms with Crippen LogP contribution < -0.4 is 39.8 Å². The van der Waals surface area contributed by atoms with Crippen molar-refractivity contribution in [1.82, 2.24) is 0 Å². The molecule has 2 atom stereocenters. The largest absolute Gasteiger partial charge is 0.493 e. The van der Waals surface area contributed by atoms with Crippen LogP contribution in [0.4, 0.5) is 28.4 Å². The van der Waals surface area contributed by atoms with Crippen LogP contribution in [-0.4, -0.2) is 44.5 Å². The van der Waals surface area contributed by atoms with Gasteiger partial charge in [0.15, 0.2) is 23.0 Å². The number of nitrogens with two attached hydrogens (primary N) is 1. The van der Waals surface area contributed by atoms with Gasteiger partial charge in [0.25, 0.3) is 11.8 Å². The maximum atomic E-state index is 13.8. The lowest BCUT2D eigenvalue weighted by atomic mass is 10.1. The molecule has 11 heteroatoms. The number of aliphatic imine (C=N–C) groups is 1.